The molecule has 11 heteroatoms. The highest BCUT2D eigenvalue weighted by atomic mass is 16.6. The lowest BCUT2D eigenvalue weighted by atomic mass is 10.2. The maximum absolute atomic E-state index is 11.1. The summed E-state index contributed by atoms with van der Waals surface area (Å²) >= 11 is 0. The van der Waals surface area contributed by atoms with Gasteiger partial charge in [0.2, 0.25) is 0 Å². The number of fused-ring (bicyclic) bond motifs is 1. The summed E-state index contributed by atoms with van der Waals surface area (Å²) in [6, 6.07) is 7.17. The first kappa shape index (κ1) is 17.7. The average Bonchev–Trinajstić information content (AvgIpc) is 3.03. The maximum atomic E-state index is 11.1. The molecule has 11 nitrogen and oxygen atoms in total. The molecule has 0 fully saturated rings. The molecule has 1 aromatic carbocycles. The van der Waals surface area contributed by atoms with E-state index in [2.05, 4.69) is 29.0 Å². The Labute approximate surface area is 140 Å². The standard InChI is InChI=1S/C8H10N.C6H3N3O7/c1-2-6-9-7-3-5-8(9)4-1;10-6-4(8(13)14)1-3(7(11)12)2-5(6)9(15)16/h1-2,4,6H,3,5,7H2;1-2,10H/q+1;/p-1. The van der Waals surface area contributed by atoms with Crippen molar-refractivity contribution in [2.75, 3.05) is 0 Å². The molecule has 0 radical (unpaired) electrons. The normalized spacial score (nSPS) is 11.8. The van der Waals surface area contributed by atoms with E-state index in [0.29, 0.717) is 12.1 Å². The van der Waals surface area contributed by atoms with Crippen LogP contribution >= 0.6 is 0 Å². The predicted octanol–water partition coefficient (Wildman–Crippen LogP) is 1.41. The van der Waals surface area contributed by atoms with Crippen LogP contribution in [0.15, 0.2) is 36.5 Å². The zero-order valence-electron chi connectivity index (χ0n) is 12.7. The molecule has 25 heavy (non-hydrogen) atoms. The average molecular weight is 348 g/mol. The van der Waals surface area contributed by atoms with E-state index in [9.17, 15) is 35.4 Å². The van der Waals surface area contributed by atoms with Crippen molar-refractivity contribution in [2.24, 2.45) is 0 Å². The van der Waals surface area contributed by atoms with Gasteiger partial charge in [0.25, 0.3) is 17.1 Å². The van der Waals surface area contributed by atoms with Crippen LogP contribution in [0, 0.1) is 30.3 Å². The van der Waals surface area contributed by atoms with Crippen LogP contribution < -0.4 is 9.67 Å². The quantitative estimate of drug-likeness (QED) is 0.461. The summed E-state index contributed by atoms with van der Waals surface area (Å²) in [4.78, 5) is 27.5. The van der Waals surface area contributed by atoms with E-state index < -0.39 is 37.6 Å². The molecule has 1 aliphatic heterocycles. The zero-order valence-corrected chi connectivity index (χ0v) is 12.7. The molecule has 2 heterocycles. The van der Waals surface area contributed by atoms with Gasteiger partial charge < -0.3 is 5.11 Å². The Morgan fingerprint density at radius 2 is 1.52 bits per heavy atom. The lowest BCUT2D eigenvalue weighted by Gasteiger charge is -2.06. The fraction of sp³-hybridized carbons (Fsp3) is 0.214. The van der Waals surface area contributed by atoms with Gasteiger partial charge in [-0.3, -0.25) is 30.3 Å². The number of hydrogen-bond donors (Lipinski definition) is 0. The fourth-order valence-corrected chi connectivity index (χ4v) is 2.35. The molecular formula is C14H12N4O7. The highest BCUT2D eigenvalue weighted by Gasteiger charge is 2.24. The van der Waals surface area contributed by atoms with Gasteiger partial charge in [-0.15, -0.1) is 0 Å². The Balaban J connectivity index is 0.000000208. The summed E-state index contributed by atoms with van der Waals surface area (Å²) in [5, 5.41) is 42.1. The topological polar surface area (TPSA) is 156 Å². The van der Waals surface area contributed by atoms with Gasteiger partial charge in [-0.2, -0.15) is 0 Å². The minimum absolute atomic E-state index is 0.384. The molecule has 0 unspecified atom stereocenters. The summed E-state index contributed by atoms with van der Waals surface area (Å²) in [7, 11) is 0. The molecular weight excluding hydrogens is 336 g/mol. The van der Waals surface area contributed by atoms with Crippen molar-refractivity contribution >= 4 is 17.1 Å². The van der Waals surface area contributed by atoms with E-state index in [1.807, 2.05) is 0 Å². The van der Waals surface area contributed by atoms with Crippen LogP contribution in [0.3, 0.4) is 0 Å². The van der Waals surface area contributed by atoms with Gasteiger partial charge in [-0.05, 0) is 0 Å². The number of non-ortho nitro benzene ring substituents is 1. The van der Waals surface area contributed by atoms with Crippen LogP contribution in [0.4, 0.5) is 17.1 Å². The highest BCUT2D eigenvalue weighted by molar-refractivity contribution is 5.63. The fourth-order valence-electron chi connectivity index (χ4n) is 2.35. The van der Waals surface area contributed by atoms with Crippen molar-refractivity contribution in [3.05, 3.63) is 72.6 Å². The number of nitro benzene ring substituents is 3. The molecule has 1 aromatic heterocycles. The Hall–Kier alpha value is -3.63. The zero-order chi connectivity index (χ0) is 18.6. The number of pyridine rings is 1. The molecule has 3 rings (SSSR count). The van der Waals surface area contributed by atoms with Crippen molar-refractivity contribution in [1.29, 1.82) is 0 Å². The van der Waals surface area contributed by atoms with Gasteiger partial charge in [0.15, 0.2) is 11.9 Å². The Kier molecular flexibility index (Phi) is 5.17. The first-order valence-electron chi connectivity index (χ1n) is 7.07. The molecule has 0 amide bonds. The molecule has 0 atom stereocenters. The van der Waals surface area contributed by atoms with Crippen LogP contribution in [0.5, 0.6) is 5.75 Å². The smallest absolute Gasteiger partial charge is 0.283 e. The van der Waals surface area contributed by atoms with Gasteiger partial charge in [-0.1, -0.05) is 6.07 Å². The van der Waals surface area contributed by atoms with Gasteiger partial charge in [-0.25, -0.2) is 4.57 Å². The lowest BCUT2D eigenvalue weighted by molar-refractivity contribution is -0.690. The van der Waals surface area contributed by atoms with E-state index in [0.717, 1.165) is 0 Å². The first-order valence-corrected chi connectivity index (χ1v) is 7.07. The number of rotatable bonds is 3. The first-order chi connectivity index (χ1) is 11.8. The highest BCUT2D eigenvalue weighted by Crippen LogP contribution is 2.36. The molecule has 130 valence electrons. The summed E-state index contributed by atoms with van der Waals surface area (Å²) in [5.74, 6) is -1.46. The van der Waals surface area contributed by atoms with Crippen molar-refractivity contribution < 1.29 is 24.4 Å². The third-order valence-electron chi connectivity index (χ3n) is 3.51. The summed E-state index contributed by atoms with van der Waals surface area (Å²) in [6.07, 6.45) is 4.74. The minimum atomic E-state index is -1.46. The third kappa shape index (κ3) is 4.02. The third-order valence-corrected chi connectivity index (χ3v) is 3.51. The number of aryl methyl sites for hydroxylation is 2. The van der Waals surface area contributed by atoms with Crippen LogP contribution in [-0.2, 0) is 13.0 Å². The van der Waals surface area contributed by atoms with Gasteiger partial charge in [0.05, 0.1) is 32.7 Å². The van der Waals surface area contributed by atoms with Crippen molar-refractivity contribution in [3.8, 4) is 5.75 Å². The molecule has 0 saturated carbocycles. The van der Waals surface area contributed by atoms with E-state index in [-0.39, 0.29) is 0 Å². The Morgan fingerprint density at radius 1 is 0.920 bits per heavy atom. The second kappa shape index (κ2) is 7.29. The molecule has 0 saturated heterocycles. The number of aromatic nitrogens is 1. The minimum Gasteiger partial charge on any atom is -0.863 e. The van der Waals surface area contributed by atoms with E-state index in [1.165, 1.54) is 25.1 Å². The Bertz CT molecular complexity index is 795. The van der Waals surface area contributed by atoms with Gasteiger partial charge >= 0.3 is 0 Å². The van der Waals surface area contributed by atoms with Crippen molar-refractivity contribution in [1.82, 2.24) is 0 Å². The van der Waals surface area contributed by atoms with E-state index in [4.69, 9.17) is 0 Å². The largest absolute Gasteiger partial charge is 0.863 e. The summed E-state index contributed by atoms with van der Waals surface area (Å²) in [5.41, 5.74) is -1.78. The monoisotopic (exact) mass is 348 g/mol. The lowest BCUT2D eigenvalue weighted by Crippen LogP contribution is -2.31. The van der Waals surface area contributed by atoms with Crippen molar-refractivity contribution in [2.45, 2.75) is 19.4 Å². The van der Waals surface area contributed by atoms with Crippen LogP contribution in [0.25, 0.3) is 0 Å². The molecule has 2 aromatic rings. The molecule has 0 N–H and O–H groups in total. The SMILES string of the molecule is O=[N+]([O-])c1cc([N+](=O)[O-])c([O-])c([N+](=O)[O-])c1.c1cc[n+]2c(c1)CCC2. The predicted molar refractivity (Wildman–Crippen MR) is 80.8 cm³/mol. The number of benzene rings is 1. The van der Waals surface area contributed by atoms with E-state index in [1.54, 1.807) is 0 Å². The van der Waals surface area contributed by atoms with Gasteiger partial charge in [0, 0.05) is 25.0 Å². The second-order valence-electron chi connectivity index (χ2n) is 5.07. The summed E-state index contributed by atoms with van der Waals surface area (Å²) in [6.45, 7) is 1.22. The number of nitro groups is 3. The summed E-state index contributed by atoms with van der Waals surface area (Å²) < 4.78 is 2.32. The van der Waals surface area contributed by atoms with Gasteiger partial charge in [0.1, 0.15) is 6.54 Å². The van der Waals surface area contributed by atoms with E-state index >= 15 is 0 Å². The molecule has 0 aliphatic carbocycles. The molecule has 1 aliphatic rings. The van der Waals surface area contributed by atoms with Crippen molar-refractivity contribution in [3.63, 3.8) is 0 Å². The molecule has 0 spiro atoms. The second-order valence-corrected chi connectivity index (χ2v) is 5.07. The molecule has 0 bridgehead atoms. The number of hydrogen-bond acceptors (Lipinski definition) is 7. The van der Waals surface area contributed by atoms with Crippen LogP contribution in [-0.4, -0.2) is 14.8 Å². The van der Waals surface area contributed by atoms with Crippen LogP contribution in [0.2, 0.25) is 0 Å². The Morgan fingerprint density at radius 3 is 2.00 bits per heavy atom. The maximum Gasteiger partial charge on any atom is 0.283 e. The number of nitrogens with zero attached hydrogens (tertiary/aromatic N) is 4. The van der Waals surface area contributed by atoms with Crippen LogP contribution in [0.1, 0.15) is 12.1 Å².